The number of hydrogen-bond acceptors (Lipinski definition) is 3. The van der Waals surface area contributed by atoms with Gasteiger partial charge >= 0.3 is 0 Å². The second kappa shape index (κ2) is 6.10. The average molecular weight is 328 g/mol. The van der Waals surface area contributed by atoms with Gasteiger partial charge in [-0.25, -0.2) is 0 Å². The molecule has 3 rings (SSSR count). The van der Waals surface area contributed by atoms with Crippen LogP contribution in [0, 0.1) is 25.2 Å². The van der Waals surface area contributed by atoms with Gasteiger partial charge in [-0.05, 0) is 44.4 Å². The summed E-state index contributed by atoms with van der Waals surface area (Å²) in [6.45, 7) is 5.88. The van der Waals surface area contributed by atoms with Crippen LogP contribution in [0.5, 0.6) is 0 Å². The second-order valence-electron chi connectivity index (χ2n) is 5.95. The Kier molecular flexibility index (Phi) is 4.14. The SMILES string of the molecule is Cc1cc(-c2ccc(N3CCCC3)c(C)c2Cl)c(C#N)c(=O)[nH]1. The number of nitriles is 1. The predicted octanol–water partition coefficient (Wildman–Crippen LogP) is 3.78. The van der Waals surface area contributed by atoms with Crippen molar-refractivity contribution in [2.75, 3.05) is 18.0 Å². The van der Waals surface area contributed by atoms with Crippen molar-refractivity contribution in [3.63, 3.8) is 0 Å². The van der Waals surface area contributed by atoms with E-state index in [1.165, 1.54) is 12.8 Å². The van der Waals surface area contributed by atoms with Crippen LogP contribution in [0.4, 0.5) is 5.69 Å². The van der Waals surface area contributed by atoms with Crippen LogP contribution in [0.1, 0.15) is 29.7 Å². The van der Waals surface area contributed by atoms with E-state index in [9.17, 15) is 10.1 Å². The molecule has 4 nitrogen and oxygen atoms in total. The predicted molar refractivity (Wildman–Crippen MR) is 93.1 cm³/mol. The largest absolute Gasteiger partial charge is 0.371 e. The molecule has 0 unspecified atom stereocenters. The summed E-state index contributed by atoms with van der Waals surface area (Å²) in [6, 6.07) is 7.75. The normalized spacial score (nSPS) is 14.1. The standard InChI is InChI=1S/C18H18ClN3O/c1-11-9-14(15(10-20)18(23)21-11)13-5-6-16(12(2)17(13)19)22-7-3-4-8-22/h5-6,9H,3-4,7-8H2,1-2H3,(H,21,23). The number of hydrogen-bond donors (Lipinski definition) is 1. The van der Waals surface area contributed by atoms with Crippen molar-refractivity contribution in [3.05, 3.63) is 50.4 Å². The minimum Gasteiger partial charge on any atom is -0.371 e. The molecule has 1 aliphatic heterocycles. The van der Waals surface area contributed by atoms with Crippen LogP contribution in [-0.2, 0) is 0 Å². The van der Waals surface area contributed by atoms with Gasteiger partial charge in [-0.15, -0.1) is 0 Å². The Bertz CT molecular complexity index is 858. The zero-order valence-corrected chi connectivity index (χ0v) is 14.0. The van der Waals surface area contributed by atoms with Gasteiger partial charge in [-0.2, -0.15) is 5.26 Å². The lowest BCUT2D eigenvalue weighted by molar-refractivity contribution is 0.949. The highest BCUT2D eigenvalue weighted by atomic mass is 35.5. The monoisotopic (exact) mass is 327 g/mol. The van der Waals surface area contributed by atoms with Crippen molar-refractivity contribution in [1.82, 2.24) is 4.98 Å². The number of halogens is 1. The van der Waals surface area contributed by atoms with Gasteiger partial charge in [-0.1, -0.05) is 17.7 Å². The molecule has 2 aromatic rings. The smallest absolute Gasteiger partial charge is 0.266 e. The summed E-state index contributed by atoms with van der Waals surface area (Å²) < 4.78 is 0. The molecule has 0 bridgehead atoms. The minimum atomic E-state index is -0.375. The number of nitrogens with one attached hydrogen (secondary N) is 1. The van der Waals surface area contributed by atoms with Crippen LogP contribution in [0.25, 0.3) is 11.1 Å². The number of rotatable bonds is 2. The molecule has 5 heteroatoms. The molecular weight excluding hydrogens is 310 g/mol. The first kappa shape index (κ1) is 15.6. The number of aromatic amines is 1. The second-order valence-corrected chi connectivity index (χ2v) is 6.33. The molecule has 1 aromatic carbocycles. The zero-order chi connectivity index (χ0) is 16.6. The quantitative estimate of drug-likeness (QED) is 0.913. The van der Waals surface area contributed by atoms with E-state index in [1.807, 2.05) is 25.1 Å². The molecule has 1 N–H and O–H groups in total. The lowest BCUT2D eigenvalue weighted by Crippen LogP contribution is -2.19. The summed E-state index contributed by atoms with van der Waals surface area (Å²) in [5.41, 5.74) is 3.89. The Morgan fingerprint density at radius 3 is 2.57 bits per heavy atom. The van der Waals surface area contributed by atoms with Crippen LogP contribution in [0.15, 0.2) is 23.0 Å². The van der Waals surface area contributed by atoms with E-state index in [4.69, 9.17) is 11.6 Å². The molecule has 1 saturated heterocycles. The van der Waals surface area contributed by atoms with Crippen LogP contribution >= 0.6 is 11.6 Å². The highest BCUT2D eigenvalue weighted by molar-refractivity contribution is 6.34. The first-order valence-electron chi connectivity index (χ1n) is 7.71. The third-order valence-electron chi connectivity index (χ3n) is 4.37. The van der Waals surface area contributed by atoms with Crippen molar-refractivity contribution in [1.29, 1.82) is 5.26 Å². The molecule has 1 aliphatic rings. The summed E-state index contributed by atoms with van der Waals surface area (Å²) >= 11 is 6.60. The van der Waals surface area contributed by atoms with Crippen LogP contribution in [-0.4, -0.2) is 18.1 Å². The molecule has 0 amide bonds. The third-order valence-corrected chi connectivity index (χ3v) is 4.86. The van der Waals surface area contributed by atoms with Crippen molar-refractivity contribution in [2.45, 2.75) is 26.7 Å². The van der Waals surface area contributed by atoms with E-state index in [-0.39, 0.29) is 11.1 Å². The Morgan fingerprint density at radius 1 is 1.22 bits per heavy atom. The maximum Gasteiger partial charge on any atom is 0.266 e. The molecule has 23 heavy (non-hydrogen) atoms. The van der Waals surface area contributed by atoms with Gasteiger partial charge in [0.1, 0.15) is 11.6 Å². The summed E-state index contributed by atoms with van der Waals surface area (Å²) in [5, 5.41) is 9.92. The number of anilines is 1. The summed E-state index contributed by atoms with van der Waals surface area (Å²) in [5.74, 6) is 0. The third kappa shape index (κ3) is 2.73. The van der Waals surface area contributed by atoms with Crippen LogP contribution < -0.4 is 10.5 Å². The van der Waals surface area contributed by atoms with E-state index < -0.39 is 0 Å². The van der Waals surface area contributed by atoms with Gasteiger partial charge in [0.05, 0.1) is 5.02 Å². The molecule has 0 saturated carbocycles. The average Bonchev–Trinajstić information content (AvgIpc) is 3.03. The van der Waals surface area contributed by atoms with Gasteiger partial charge in [-0.3, -0.25) is 4.79 Å². The van der Waals surface area contributed by atoms with Crippen LogP contribution in [0.3, 0.4) is 0 Å². The van der Waals surface area contributed by atoms with E-state index in [0.29, 0.717) is 16.3 Å². The fourth-order valence-electron chi connectivity index (χ4n) is 3.20. The molecule has 0 atom stereocenters. The molecule has 0 spiro atoms. The van der Waals surface area contributed by atoms with Crippen molar-refractivity contribution >= 4 is 17.3 Å². The first-order chi connectivity index (χ1) is 11.0. The van der Waals surface area contributed by atoms with E-state index in [2.05, 4.69) is 9.88 Å². The lowest BCUT2D eigenvalue weighted by atomic mass is 9.98. The van der Waals surface area contributed by atoms with E-state index >= 15 is 0 Å². The van der Waals surface area contributed by atoms with Crippen molar-refractivity contribution < 1.29 is 0 Å². The van der Waals surface area contributed by atoms with Gasteiger partial charge < -0.3 is 9.88 Å². The fraction of sp³-hybridized carbons (Fsp3) is 0.333. The maximum absolute atomic E-state index is 12.0. The molecule has 2 heterocycles. The molecule has 0 aliphatic carbocycles. The molecule has 118 valence electrons. The molecule has 1 fully saturated rings. The van der Waals surface area contributed by atoms with Gasteiger partial charge in [0.15, 0.2) is 0 Å². The minimum absolute atomic E-state index is 0.103. The molecule has 1 aromatic heterocycles. The number of nitrogens with zero attached hydrogens (tertiary/aromatic N) is 2. The van der Waals surface area contributed by atoms with Crippen LogP contribution in [0.2, 0.25) is 5.02 Å². The van der Waals surface area contributed by atoms with E-state index in [0.717, 1.165) is 29.9 Å². The zero-order valence-electron chi connectivity index (χ0n) is 13.2. The lowest BCUT2D eigenvalue weighted by Gasteiger charge is -2.22. The number of pyridine rings is 1. The highest BCUT2D eigenvalue weighted by Crippen LogP contribution is 2.37. The number of H-pyrrole nitrogens is 1. The topological polar surface area (TPSA) is 59.9 Å². The van der Waals surface area contributed by atoms with Crippen molar-refractivity contribution in [3.8, 4) is 17.2 Å². The Labute approximate surface area is 140 Å². The van der Waals surface area contributed by atoms with Gasteiger partial charge in [0, 0.05) is 35.6 Å². The Balaban J connectivity index is 2.17. The Hall–Kier alpha value is -2.25. The molecule has 0 radical (unpaired) electrons. The number of aryl methyl sites for hydroxylation is 1. The fourth-order valence-corrected chi connectivity index (χ4v) is 3.46. The summed E-state index contributed by atoms with van der Waals surface area (Å²) in [4.78, 5) is 17.0. The summed E-state index contributed by atoms with van der Waals surface area (Å²) in [6.07, 6.45) is 2.40. The van der Waals surface area contributed by atoms with E-state index in [1.54, 1.807) is 13.0 Å². The van der Waals surface area contributed by atoms with Gasteiger partial charge in [0.25, 0.3) is 5.56 Å². The molecular formula is C18H18ClN3O. The summed E-state index contributed by atoms with van der Waals surface area (Å²) in [7, 11) is 0. The van der Waals surface area contributed by atoms with Gasteiger partial charge in [0.2, 0.25) is 0 Å². The number of aromatic nitrogens is 1. The first-order valence-corrected chi connectivity index (χ1v) is 8.09. The van der Waals surface area contributed by atoms with Crippen molar-refractivity contribution in [2.24, 2.45) is 0 Å². The number of benzene rings is 1. The Morgan fingerprint density at radius 2 is 1.91 bits per heavy atom. The maximum atomic E-state index is 12.0. The highest BCUT2D eigenvalue weighted by Gasteiger charge is 2.19.